The van der Waals surface area contributed by atoms with Crippen molar-refractivity contribution in [1.82, 2.24) is 14.7 Å². The van der Waals surface area contributed by atoms with Gasteiger partial charge in [0, 0.05) is 24.4 Å². The SMILES string of the molecule is C[C@H](O)CN(CCc1ccccc1F)C(=O)[C@H]1CCC2=Cc3c(cnn3-c3ccc(F)cc3)C[C@@]21C. The molecule has 0 spiro atoms. The normalized spacial score (nSPS) is 21.5. The number of nitrogens with zero attached hydrogens (tertiary/aromatic N) is 3. The van der Waals surface area contributed by atoms with E-state index < -0.39 is 6.10 Å². The van der Waals surface area contributed by atoms with E-state index in [9.17, 15) is 18.7 Å². The molecule has 0 aliphatic heterocycles. The minimum Gasteiger partial charge on any atom is -0.392 e. The summed E-state index contributed by atoms with van der Waals surface area (Å²) < 4.78 is 29.4. The fourth-order valence-corrected chi connectivity index (χ4v) is 5.82. The third-order valence-electron chi connectivity index (χ3n) is 7.73. The van der Waals surface area contributed by atoms with Gasteiger partial charge in [-0.2, -0.15) is 5.10 Å². The highest BCUT2D eigenvalue weighted by Crippen LogP contribution is 2.53. The van der Waals surface area contributed by atoms with E-state index in [1.807, 2.05) is 10.9 Å². The first kappa shape index (κ1) is 24.4. The number of hydrogen-bond donors (Lipinski definition) is 1. The number of halogens is 2. The maximum atomic E-state index is 14.2. The zero-order valence-corrected chi connectivity index (χ0v) is 20.6. The molecule has 1 fully saturated rings. The Morgan fingerprint density at radius 2 is 1.97 bits per heavy atom. The minimum absolute atomic E-state index is 0.00696. The van der Waals surface area contributed by atoms with Gasteiger partial charge in [0.1, 0.15) is 11.6 Å². The lowest BCUT2D eigenvalue weighted by molar-refractivity contribution is -0.139. The van der Waals surface area contributed by atoms with Crippen molar-refractivity contribution in [3.05, 3.63) is 88.8 Å². The highest BCUT2D eigenvalue weighted by atomic mass is 19.1. The second kappa shape index (κ2) is 9.62. The maximum Gasteiger partial charge on any atom is 0.226 e. The second-order valence-electron chi connectivity index (χ2n) is 10.3. The highest BCUT2D eigenvalue weighted by molar-refractivity contribution is 5.82. The van der Waals surface area contributed by atoms with Gasteiger partial charge in [0.15, 0.2) is 0 Å². The van der Waals surface area contributed by atoms with Gasteiger partial charge in [0.25, 0.3) is 0 Å². The lowest BCUT2D eigenvalue weighted by atomic mass is 9.69. The molecule has 5 nitrogen and oxygen atoms in total. The molecule has 5 rings (SSSR count). The first-order valence-corrected chi connectivity index (χ1v) is 12.5. The van der Waals surface area contributed by atoms with Gasteiger partial charge in [0.2, 0.25) is 5.91 Å². The molecule has 1 N–H and O–H groups in total. The number of allylic oxidation sites excluding steroid dienone is 1. The molecule has 3 atom stereocenters. The second-order valence-corrected chi connectivity index (χ2v) is 10.3. The summed E-state index contributed by atoms with van der Waals surface area (Å²) in [6.07, 6.45) is 5.91. The Bertz CT molecular complexity index is 1300. The van der Waals surface area contributed by atoms with Crippen molar-refractivity contribution >= 4 is 12.0 Å². The molecule has 2 aliphatic rings. The van der Waals surface area contributed by atoms with Gasteiger partial charge in [-0.25, -0.2) is 13.5 Å². The van der Waals surface area contributed by atoms with Crippen LogP contribution in [-0.2, 0) is 17.6 Å². The van der Waals surface area contributed by atoms with Crippen LogP contribution in [-0.4, -0.2) is 44.9 Å². The van der Waals surface area contributed by atoms with E-state index in [1.165, 1.54) is 23.8 Å². The van der Waals surface area contributed by atoms with E-state index in [0.29, 0.717) is 24.9 Å². The van der Waals surface area contributed by atoms with Crippen LogP contribution in [0.2, 0.25) is 0 Å². The van der Waals surface area contributed by atoms with Gasteiger partial charge in [-0.3, -0.25) is 4.79 Å². The third-order valence-corrected chi connectivity index (χ3v) is 7.73. The highest BCUT2D eigenvalue weighted by Gasteiger charge is 2.49. The van der Waals surface area contributed by atoms with E-state index in [-0.39, 0.29) is 35.4 Å². The summed E-state index contributed by atoms with van der Waals surface area (Å²) in [6.45, 7) is 4.38. The number of carbonyl (C=O) groups is 1. The molecular formula is C29H31F2N3O2. The predicted molar refractivity (Wildman–Crippen MR) is 134 cm³/mol. The lowest BCUT2D eigenvalue weighted by Crippen LogP contribution is -2.46. The Labute approximate surface area is 210 Å². The fraction of sp³-hybridized carbons (Fsp3) is 0.379. The largest absolute Gasteiger partial charge is 0.392 e. The minimum atomic E-state index is -0.675. The summed E-state index contributed by atoms with van der Waals surface area (Å²) in [4.78, 5) is 15.6. The number of aliphatic hydroxyl groups excluding tert-OH is 1. The average molecular weight is 492 g/mol. The number of fused-ring (bicyclic) bond motifs is 2. The summed E-state index contributed by atoms with van der Waals surface area (Å²) in [5.74, 6) is -0.796. The number of carbonyl (C=O) groups excluding carboxylic acids is 1. The molecule has 0 saturated heterocycles. The van der Waals surface area contributed by atoms with Crippen molar-refractivity contribution in [1.29, 1.82) is 0 Å². The van der Waals surface area contributed by atoms with E-state index >= 15 is 0 Å². The molecular weight excluding hydrogens is 460 g/mol. The van der Waals surface area contributed by atoms with E-state index in [2.05, 4.69) is 18.1 Å². The fourth-order valence-electron chi connectivity index (χ4n) is 5.82. The van der Waals surface area contributed by atoms with Crippen LogP contribution < -0.4 is 0 Å². The summed E-state index contributed by atoms with van der Waals surface area (Å²) in [7, 11) is 0. The molecule has 1 amide bonds. The van der Waals surface area contributed by atoms with Crippen molar-refractivity contribution in [2.75, 3.05) is 13.1 Å². The van der Waals surface area contributed by atoms with Crippen LogP contribution in [0.4, 0.5) is 8.78 Å². The molecule has 0 bridgehead atoms. The first-order chi connectivity index (χ1) is 17.3. The van der Waals surface area contributed by atoms with Crippen LogP contribution in [0.5, 0.6) is 0 Å². The summed E-state index contributed by atoms with van der Waals surface area (Å²) in [5, 5.41) is 14.7. The average Bonchev–Trinajstić information content (AvgIpc) is 3.40. The number of benzene rings is 2. The number of hydrogen-bond acceptors (Lipinski definition) is 3. The van der Waals surface area contributed by atoms with Crippen LogP contribution in [0.1, 0.15) is 43.5 Å². The molecule has 7 heteroatoms. The van der Waals surface area contributed by atoms with Crippen molar-refractivity contribution in [3.63, 3.8) is 0 Å². The van der Waals surface area contributed by atoms with E-state index in [0.717, 1.165) is 29.8 Å². The third kappa shape index (κ3) is 4.48. The predicted octanol–water partition coefficient (Wildman–Crippen LogP) is 4.96. The molecule has 2 aromatic carbocycles. The molecule has 0 radical (unpaired) electrons. The van der Waals surface area contributed by atoms with Gasteiger partial charge in [0.05, 0.1) is 23.7 Å². The maximum absolute atomic E-state index is 14.2. The van der Waals surface area contributed by atoms with Gasteiger partial charge in [-0.15, -0.1) is 0 Å². The van der Waals surface area contributed by atoms with Crippen molar-refractivity contribution in [2.45, 2.75) is 45.6 Å². The van der Waals surface area contributed by atoms with Crippen LogP contribution in [0.15, 0.2) is 60.3 Å². The van der Waals surface area contributed by atoms with Crippen LogP contribution in [0.3, 0.4) is 0 Å². The van der Waals surface area contributed by atoms with Crippen LogP contribution >= 0.6 is 0 Å². The Hall–Kier alpha value is -3.32. The summed E-state index contributed by atoms with van der Waals surface area (Å²) in [5.41, 5.74) is 4.24. The quantitative estimate of drug-likeness (QED) is 0.508. The number of aliphatic hydroxyl groups is 1. The molecule has 36 heavy (non-hydrogen) atoms. The van der Waals surface area contributed by atoms with Gasteiger partial charge in [-0.05, 0) is 80.1 Å². The molecule has 1 saturated carbocycles. The standard InChI is InChI=1S/C29H31F2N3O2/c1-19(35)18-33(14-13-20-5-3-4-6-26(20)31)28(36)25-12-7-22-15-27-21(16-29(22,25)2)17-32-34(27)24-10-8-23(30)9-11-24/h3-6,8-11,15,17,19,25,35H,7,12-14,16,18H2,1-2H3/t19-,25+,29-/m0/s1. The van der Waals surface area contributed by atoms with Crippen LogP contribution in [0.25, 0.3) is 11.8 Å². The number of rotatable bonds is 7. The van der Waals surface area contributed by atoms with Crippen molar-refractivity contribution in [3.8, 4) is 5.69 Å². The molecule has 0 unspecified atom stereocenters. The van der Waals surface area contributed by atoms with Crippen LogP contribution in [0, 0.1) is 23.0 Å². The number of amides is 1. The van der Waals surface area contributed by atoms with E-state index in [1.54, 1.807) is 42.2 Å². The smallest absolute Gasteiger partial charge is 0.226 e. The van der Waals surface area contributed by atoms with Gasteiger partial charge in [-0.1, -0.05) is 30.7 Å². The molecule has 3 aromatic rings. The molecule has 1 heterocycles. The summed E-state index contributed by atoms with van der Waals surface area (Å²) >= 11 is 0. The first-order valence-electron chi connectivity index (χ1n) is 12.5. The molecule has 2 aliphatic carbocycles. The number of aromatic nitrogens is 2. The zero-order chi connectivity index (χ0) is 25.4. The van der Waals surface area contributed by atoms with Crippen molar-refractivity contribution in [2.24, 2.45) is 11.3 Å². The topological polar surface area (TPSA) is 58.4 Å². The summed E-state index contributed by atoms with van der Waals surface area (Å²) in [6, 6.07) is 12.9. The Balaban J connectivity index is 1.39. The Morgan fingerprint density at radius 3 is 2.69 bits per heavy atom. The van der Waals surface area contributed by atoms with Gasteiger partial charge < -0.3 is 10.0 Å². The van der Waals surface area contributed by atoms with Crippen molar-refractivity contribution < 1.29 is 18.7 Å². The monoisotopic (exact) mass is 491 g/mol. The van der Waals surface area contributed by atoms with E-state index in [4.69, 9.17) is 0 Å². The zero-order valence-electron chi connectivity index (χ0n) is 20.6. The Kier molecular flexibility index (Phi) is 6.51. The van der Waals surface area contributed by atoms with Gasteiger partial charge >= 0.3 is 0 Å². The molecule has 188 valence electrons. The lowest BCUT2D eigenvalue weighted by Gasteiger charge is -2.38. The molecule has 1 aromatic heterocycles. The Morgan fingerprint density at radius 1 is 1.22 bits per heavy atom.